The zero-order valence-corrected chi connectivity index (χ0v) is 14.2. The van der Waals surface area contributed by atoms with Gasteiger partial charge in [0, 0.05) is 5.69 Å². The fourth-order valence-corrected chi connectivity index (χ4v) is 2.43. The highest BCUT2D eigenvalue weighted by atomic mass is 16.5. The maximum absolute atomic E-state index is 12.8. The summed E-state index contributed by atoms with van der Waals surface area (Å²) in [6, 6.07) is 8.85. The van der Waals surface area contributed by atoms with Crippen LogP contribution in [0.2, 0.25) is 0 Å². The van der Waals surface area contributed by atoms with Crippen molar-refractivity contribution >= 4 is 28.7 Å². The van der Waals surface area contributed by atoms with Crippen LogP contribution in [0.25, 0.3) is 11.1 Å². The molecule has 0 radical (unpaired) electrons. The van der Waals surface area contributed by atoms with E-state index in [1.165, 1.54) is 0 Å². The lowest BCUT2D eigenvalue weighted by Crippen LogP contribution is -2.30. The van der Waals surface area contributed by atoms with Gasteiger partial charge in [0.1, 0.15) is 17.8 Å². The van der Waals surface area contributed by atoms with Gasteiger partial charge in [-0.1, -0.05) is 23.4 Å². The third-order valence-corrected chi connectivity index (χ3v) is 3.62. The summed E-state index contributed by atoms with van der Waals surface area (Å²) in [6.45, 7) is 3.05. The number of aromatic nitrogens is 3. The van der Waals surface area contributed by atoms with Crippen LogP contribution in [0.3, 0.4) is 0 Å². The van der Waals surface area contributed by atoms with Gasteiger partial charge in [0.2, 0.25) is 11.6 Å². The average Bonchev–Trinajstić information content (AvgIpc) is 3.03. The molecule has 1 amide bonds. The monoisotopic (exact) mass is 356 g/mol. The Kier molecular flexibility index (Phi) is 4.78. The molecule has 0 bridgehead atoms. The summed E-state index contributed by atoms with van der Waals surface area (Å²) in [5.74, 6) is -0.928. The Morgan fingerprint density at radius 3 is 2.69 bits per heavy atom. The largest absolute Gasteiger partial charge is 0.461 e. The Hall–Kier alpha value is -3.49. The van der Waals surface area contributed by atoms with E-state index in [1.807, 2.05) is 6.07 Å². The van der Waals surface area contributed by atoms with E-state index in [4.69, 9.17) is 9.26 Å². The van der Waals surface area contributed by atoms with Crippen molar-refractivity contribution in [3.8, 4) is 0 Å². The third kappa shape index (κ3) is 3.32. The molecular weight excluding hydrogens is 340 g/mol. The second-order valence-corrected chi connectivity index (χ2v) is 5.40. The van der Waals surface area contributed by atoms with Crippen molar-refractivity contribution in [2.75, 3.05) is 11.9 Å². The van der Waals surface area contributed by atoms with Gasteiger partial charge in [-0.25, -0.2) is 4.79 Å². The van der Waals surface area contributed by atoms with Gasteiger partial charge in [-0.2, -0.15) is 4.98 Å². The van der Waals surface area contributed by atoms with Crippen molar-refractivity contribution in [2.45, 2.75) is 20.4 Å². The summed E-state index contributed by atoms with van der Waals surface area (Å²) in [4.78, 5) is 41.1. The molecule has 0 aliphatic carbocycles. The van der Waals surface area contributed by atoms with Crippen molar-refractivity contribution in [1.29, 1.82) is 0 Å². The standard InChI is InChI=1S/C17H16N4O5/c1-3-25-17(24)14-13-15(26-20-14)18-10(2)21(16(13)23)9-12(22)19-11-7-5-4-6-8-11/h4-8H,3,9H2,1-2H3,(H,19,22). The van der Waals surface area contributed by atoms with E-state index < -0.39 is 17.4 Å². The smallest absolute Gasteiger partial charge is 0.361 e. The summed E-state index contributed by atoms with van der Waals surface area (Å²) in [5.41, 5.74) is -0.318. The molecule has 26 heavy (non-hydrogen) atoms. The Balaban J connectivity index is 1.95. The summed E-state index contributed by atoms with van der Waals surface area (Å²) in [5, 5.41) is 6.16. The van der Waals surface area contributed by atoms with Crippen LogP contribution < -0.4 is 10.9 Å². The Morgan fingerprint density at radius 1 is 1.27 bits per heavy atom. The molecule has 0 saturated carbocycles. The SMILES string of the molecule is CCOC(=O)c1noc2nc(C)n(CC(=O)Nc3ccccc3)c(=O)c12. The number of carbonyl (C=O) groups excluding carboxylic acids is 2. The summed E-state index contributed by atoms with van der Waals surface area (Å²) < 4.78 is 11.0. The van der Waals surface area contributed by atoms with Crippen molar-refractivity contribution in [1.82, 2.24) is 14.7 Å². The molecule has 0 fully saturated rings. The van der Waals surface area contributed by atoms with Crippen LogP contribution in [0.4, 0.5) is 5.69 Å². The zero-order chi connectivity index (χ0) is 18.7. The predicted octanol–water partition coefficient (Wildman–Crippen LogP) is 1.51. The van der Waals surface area contributed by atoms with E-state index in [9.17, 15) is 14.4 Å². The van der Waals surface area contributed by atoms with E-state index in [0.29, 0.717) is 5.69 Å². The second-order valence-electron chi connectivity index (χ2n) is 5.40. The molecule has 3 rings (SSSR count). The number of fused-ring (bicyclic) bond motifs is 1. The molecule has 1 N–H and O–H groups in total. The molecule has 1 aromatic carbocycles. The van der Waals surface area contributed by atoms with Crippen LogP contribution in [0.15, 0.2) is 39.6 Å². The van der Waals surface area contributed by atoms with Gasteiger partial charge >= 0.3 is 5.97 Å². The van der Waals surface area contributed by atoms with E-state index in [0.717, 1.165) is 4.57 Å². The molecule has 0 aliphatic rings. The first-order chi connectivity index (χ1) is 12.5. The zero-order valence-electron chi connectivity index (χ0n) is 14.2. The molecule has 0 atom stereocenters. The topological polar surface area (TPSA) is 116 Å². The lowest BCUT2D eigenvalue weighted by molar-refractivity contribution is -0.116. The minimum atomic E-state index is -0.783. The lowest BCUT2D eigenvalue weighted by Gasteiger charge is -2.09. The number of hydrogen-bond acceptors (Lipinski definition) is 7. The quantitative estimate of drug-likeness (QED) is 0.689. The molecule has 0 aliphatic heterocycles. The highest BCUT2D eigenvalue weighted by Gasteiger charge is 2.24. The number of hydrogen-bond donors (Lipinski definition) is 1. The van der Waals surface area contributed by atoms with Crippen LogP contribution in [-0.4, -0.2) is 33.2 Å². The highest BCUT2D eigenvalue weighted by Crippen LogP contribution is 2.14. The number of para-hydroxylation sites is 1. The molecule has 134 valence electrons. The van der Waals surface area contributed by atoms with E-state index in [1.54, 1.807) is 38.1 Å². The van der Waals surface area contributed by atoms with Crippen molar-refractivity contribution in [3.63, 3.8) is 0 Å². The van der Waals surface area contributed by atoms with Crippen molar-refractivity contribution in [3.05, 3.63) is 52.2 Å². The van der Waals surface area contributed by atoms with Crippen molar-refractivity contribution in [2.24, 2.45) is 0 Å². The number of amides is 1. The first-order valence-corrected chi connectivity index (χ1v) is 7.90. The van der Waals surface area contributed by atoms with Crippen LogP contribution >= 0.6 is 0 Å². The molecule has 0 saturated heterocycles. The Labute approximate surface area is 147 Å². The molecule has 2 aromatic heterocycles. The minimum Gasteiger partial charge on any atom is -0.461 e. The Morgan fingerprint density at radius 2 is 2.00 bits per heavy atom. The van der Waals surface area contributed by atoms with Crippen LogP contribution in [0, 0.1) is 6.92 Å². The lowest BCUT2D eigenvalue weighted by atomic mass is 10.3. The number of benzene rings is 1. The molecule has 2 heterocycles. The van der Waals surface area contributed by atoms with Gasteiger partial charge in [0.05, 0.1) is 6.61 Å². The normalized spacial score (nSPS) is 10.7. The molecular formula is C17H16N4O5. The van der Waals surface area contributed by atoms with Gasteiger partial charge in [-0.05, 0) is 26.0 Å². The van der Waals surface area contributed by atoms with Gasteiger partial charge in [-0.3, -0.25) is 14.2 Å². The van der Waals surface area contributed by atoms with Gasteiger partial charge in [0.25, 0.3) is 11.3 Å². The molecule has 0 spiro atoms. The maximum Gasteiger partial charge on any atom is 0.361 e. The number of ether oxygens (including phenoxy) is 1. The number of carbonyl (C=O) groups is 2. The summed E-state index contributed by atoms with van der Waals surface area (Å²) >= 11 is 0. The number of anilines is 1. The van der Waals surface area contributed by atoms with Crippen LogP contribution in [-0.2, 0) is 16.1 Å². The number of esters is 1. The average molecular weight is 356 g/mol. The van der Waals surface area contributed by atoms with Gasteiger partial charge in [-0.15, -0.1) is 0 Å². The van der Waals surface area contributed by atoms with E-state index >= 15 is 0 Å². The molecule has 3 aromatic rings. The predicted molar refractivity (Wildman–Crippen MR) is 91.8 cm³/mol. The van der Waals surface area contributed by atoms with E-state index in [-0.39, 0.29) is 35.8 Å². The first-order valence-electron chi connectivity index (χ1n) is 7.90. The molecule has 0 unspecified atom stereocenters. The van der Waals surface area contributed by atoms with Crippen molar-refractivity contribution < 1.29 is 18.8 Å². The number of nitrogens with one attached hydrogen (secondary N) is 1. The summed E-state index contributed by atoms with van der Waals surface area (Å²) in [7, 11) is 0. The van der Waals surface area contributed by atoms with Crippen LogP contribution in [0.5, 0.6) is 0 Å². The third-order valence-electron chi connectivity index (χ3n) is 3.62. The summed E-state index contributed by atoms with van der Waals surface area (Å²) in [6.07, 6.45) is 0. The fourth-order valence-electron chi connectivity index (χ4n) is 2.43. The molecule has 9 nitrogen and oxygen atoms in total. The second kappa shape index (κ2) is 7.18. The molecule has 9 heteroatoms. The fraction of sp³-hybridized carbons (Fsp3) is 0.235. The van der Waals surface area contributed by atoms with Gasteiger partial charge in [0.15, 0.2) is 0 Å². The maximum atomic E-state index is 12.8. The number of aryl methyl sites for hydroxylation is 1. The minimum absolute atomic E-state index is 0.0738. The number of rotatable bonds is 5. The highest BCUT2D eigenvalue weighted by molar-refractivity contribution is 6.00. The first kappa shape index (κ1) is 17.3. The van der Waals surface area contributed by atoms with Crippen LogP contribution in [0.1, 0.15) is 23.2 Å². The Bertz CT molecular complexity index is 1020. The van der Waals surface area contributed by atoms with Gasteiger partial charge < -0.3 is 14.6 Å². The number of nitrogens with zero attached hydrogens (tertiary/aromatic N) is 3. The van der Waals surface area contributed by atoms with E-state index in [2.05, 4.69) is 15.5 Å².